The molecule has 6 nitrogen and oxygen atoms in total. The predicted octanol–water partition coefficient (Wildman–Crippen LogP) is 8.94. The van der Waals surface area contributed by atoms with E-state index in [9.17, 15) is 10.2 Å². The van der Waals surface area contributed by atoms with Crippen molar-refractivity contribution < 1.29 is 10.2 Å². The molecule has 4 aliphatic heterocycles. The number of anilines is 2. The number of hydrogen-bond acceptors (Lipinski definition) is 6. The van der Waals surface area contributed by atoms with Gasteiger partial charge in [-0.15, -0.1) is 0 Å². The smallest absolute Gasteiger partial charge is 0.125 e. The average Bonchev–Trinajstić information content (AvgIpc) is 2.98. The Hall–Kier alpha value is -3.80. The zero-order valence-corrected chi connectivity index (χ0v) is 29.0. The van der Waals surface area contributed by atoms with Crippen molar-refractivity contribution in [1.82, 2.24) is 0 Å². The molecular weight excluding hydrogens is 568 g/mol. The van der Waals surface area contributed by atoms with Crippen molar-refractivity contribution in [3.8, 4) is 11.5 Å². The Morgan fingerprint density at radius 2 is 0.913 bits per heavy atom. The monoisotopic (exact) mass is 618 g/mol. The number of benzene rings is 3. The Labute approximate surface area is 274 Å². The van der Waals surface area contributed by atoms with Crippen molar-refractivity contribution in [2.75, 3.05) is 36.0 Å². The molecule has 4 aliphatic rings. The Kier molecular flexibility index (Phi) is 6.94. The third-order valence-electron chi connectivity index (χ3n) is 11.7. The highest BCUT2D eigenvalue weighted by atomic mass is 16.3. The summed E-state index contributed by atoms with van der Waals surface area (Å²) >= 11 is 0. The zero-order valence-electron chi connectivity index (χ0n) is 29.0. The maximum absolute atomic E-state index is 11.5. The molecule has 2 N–H and O–H groups in total. The minimum atomic E-state index is -0.0909. The number of aliphatic imine (C=N–C) groups is 2. The highest BCUT2D eigenvalue weighted by Crippen LogP contribution is 2.53. The second-order valence-electron chi connectivity index (χ2n) is 16.7. The molecule has 6 heteroatoms. The molecule has 4 heterocycles. The van der Waals surface area contributed by atoms with Crippen LogP contribution >= 0.6 is 0 Å². The molecule has 0 spiro atoms. The van der Waals surface area contributed by atoms with Crippen LogP contribution in [0, 0.1) is 0 Å². The minimum Gasteiger partial charge on any atom is -0.507 e. The standard InChI is InChI=1S/C40H50N4O2/c1-37(2)13-17-43-19-15-39(5,6)33-25(31(45)21-27(37)35(33)43)23-41-29-11-9-10-12-30(29)42-24-26-32(46)22-28-36-34(26)40(7,8)16-20-44(36)18-14-38(28,3)4/h9-12,21-24,45-46H,13-20H2,1-8H3. The summed E-state index contributed by atoms with van der Waals surface area (Å²) in [4.78, 5) is 15.0. The van der Waals surface area contributed by atoms with Gasteiger partial charge in [0.25, 0.3) is 0 Å². The highest BCUT2D eigenvalue weighted by molar-refractivity contribution is 5.95. The molecule has 0 fully saturated rings. The van der Waals surface area contributed by atoms with Crippen LogP contribution in [0.25, 0.3) is 0 Å². The molecule has 0 saturated heterocycles. The third-order valence-corrected chi connectivity index (χ3v) is 11.7. The SMILES string of the molecule is CC1(C)CCN2CCC(C)(C)c3c(C=Nc4ccccc4N=Cc4c(O)cc5c6c4C(C)(C)CCN6CCC5(C)C)c(O)cc1c32. The van der Waals surface area contributed by atoms with Gasteiger partial charge in [0.15, 0.2) is 0 Å². The van der Waals surface area contributed by atoms with Crippen LogP contribution in [-0.4, -0.2) is 48.8 Å². The highest BCUT2D eigenvalue weighted by Gasteiger charge is 2.43. The molecule has 0 aromatic heterocycles. The summed E-state index contributed by atoms with van der Waals surface area (Å²) in [6.45, 7) is 22.4. The van der Waals surface area contributed by atoms with Gasteiger partial charge in [-0.05, 0) is 93.9 Å². The van der Waals surface area contributed by atoms with Crippen molar-refractivity contribution in [1.29, 1.82) is 0 Å². The Morgan fingerprint density at radius 3 is 1.28 bits per heavy atom. The van der Waals surface area contributed by atoms with Crippen LogP contribution in [0.5, 0.6) is 11.5 Å². The Bertz CT molecular complexity index is 1660. The number of aromatic hydroxyl groups is 2. The van der Waals surface area contributed by atoms with Crippen molar-refractivity contribution in [3.05, 3.63) is 69.8 Å². The van der Waals surface area contributed by atoms with Crippen LogP contribution in [0.4, 0.5) is 22.7 Å². The number of rotatable bonds is 4. The predicted molar refractivity (Wildman–Crippen MR) is 192 cm³/mol. The van der Waals surface area contributed by atoms with Gasteiger partial charge in [0.05, 0.1) is 11.4 Å². The average molecular weight is 619 g/mol. The first kappa shape index (κ1) is 30.8. The third kappa shape index (κ3) is 4.82. The van der Waals surface area contributed by atoms with Crippen LogP contribution in [0.2, 0.25) is 0 Å². The fourth-order valence-corrected chi connectivity index (χ4v) is 8.47. The van der Waals surface area contributed by atoms with E-state index in [2.05, 4.69) is 65.2 Å². The first-order chi connectivity index (χ1) is 21.6. The van der Waals surface area contributed by atoms with Crippen molar-refractivity contribution in [2.24, 2.45) is 9.98 Å². The van der Waals surface area contributed by atoms with Gasteiger partial charge in [-0.1, -0.05) is 67.5 Å². The lowest BCUT2D eigenvalue weighted by Gasteiger charge is -2.48. The summed E-state index contributed by atoms with van der Waals surface area (Å²) in [6, 6.07) is 11.8. The molecule has 0 aliphatic carbocycles. The fourth-order valence-electron chi connectivity index (χ4n) is 8.47. The van der Waals surface area contributed by atoms with Gasteiger partial charge in [0.2, 0.25) is 0 Å². The van der Waals surface area contributed by atoms with E-state index < -0.39 is 0 Å². The van der Waals surface area contributed by atoms with Crippen LogP contribution in [0.1, 0.15) is 114 Å². The molecule has 0 atom stereocenters. The van der Waals surface area contributed by atoms with Gasteiger partial charge >= 0.3 is 0 Å². The molecule has 0 bridgehead atoms. The second kappa shape index (κ2) is 10.4. The lowest BCUT2D eigenvalue weighted by molar-refractivity contribution is 0.392. The topological polar surface area (TPSA) is 71.7 Å². The van der Waals surface area contributed by atoms with Gasteiger partial charge in [-0.2, -0.15) is 0 Å². The van der Waals surface area contributed by atoms with E-state index >= 15 is 0 Å². The zero-order chi connectivity index (χ0) is 32.8. The molecule has 46 heavy (non-hydrogen) atoms. The van der Waals surface area contributed by atoms with E-state index in [1.807, 2.05) is 48.8 Å². The number of phenols is 2. The fraction of sp³-hybridized carbons (Fsp3) is 0.500. The quantitative estimate of drug-likeness (QED) is 0.287. The molecule has 0 unspecified atom stereocenters. The van der Waals surface area contributed by atoms with Gasteiger partial charge in [-0.25, -0.2) is 0 Å². The Balaban J connectivity index is 1.31. The number of phenolic OH excluding ortho intramolecular Hbond substituents is 2. The van der Waals surface area contributed by atoms with Crippen molar-refractivity contribution >= 4 is 35.2 Å². The summed E-state index contributed by atoms with van der Waals surface area (Å²) < 4.78 is 0. The molecule has 242 valence electrons. The molecule has 0 amide bonds. The molecule has 3 aromatic rings. The van der Waals surface area contributed by atoms with Gasteiger partial charge in [0, 0.05) is 61.1 Å². The molecule has 7 rings (SSSR count). The summed E-state index contributed by atoms with van der Waals surface area (Å²) in [5.41, 5.74) is 10.3. The van der Waals surface area contributed by atoms with Crippen LogP contribution in [-0.2, 0) is 21.7 Å². The lowest BCUT2D eigenvalue weighted by atomic mass is 9.68. The number of hydrogen-bond donors (Lipinski definition) is 2. The first-order valence-corrected chi connectivity index (χ1v) is 17.1. The first-order valence-electron chi connectivity index (χ1n) is 17.1. The van der Waals surface area contributed by atoms with E-state index in [0.717, 1.165) is 74.4 Å². The van der Waals surface area contributed by atoms with Crippen LogP contribution in [0.15, 0.2) is 46.4 Å². The maximum atomic E-state index is 11.5. The van der Waals surface area contributed by atoms with E-state index in [-0.39, 0.29) is 33.2 Å². The number of nitrogens with zero attached hydrogens (tertiary/aromatic N) is 4. The van der Waals surface area contributed by atoms with Crippen LogP contribution < -0.4 is 9.80 Å². The largest absolute Gasteiger partial charge is 0.507 e. The van der Waals surface area contributed by atoms with E-state index in [4.69, 9.17) is 9.98 Å². The van der Waals surface area contributed by atoms with Gasteiger partial charge < -0.3 is 20.0 Å². The minimum absolute atomic E-state index is 0.00535. The second-order valence-corrected chi connectivity index (χ2v) is 16.7. The molecule has 0 saturated carbocycles. The summed E-state index contributed by atoms with van der Waals surface area (Å²) in [7, 11) is 0. The molecular formula is C40H50N4O2. The van der Waals surface area contributed by atoms with E-state index in [1.54, 1.807) is 0 Å². The normalized spacial score (nSPS) is 21.8. The molecule has 3 aromatic carbocycles. The van der Waals surface area contributed by atoms with Crippen molar-refractivity contribution in [3.63, 3.8) is 0 Å². The maximum Gasteiger partial charge on any atom is 0.125 e. The lowest BCUT2D eigenvalue weighted by Crippen LogP contribution is -2.45. The van der Waals surface area contributed by atoms with E-state index in [0.29, 0.717) is 0 Å². The number of para-hydroxylation sites is 2. The Morgan fingerprint density at radius 1 is 0.565 bits per heavy atom. The molecule has 0 radical (unpaired) electrons. The summed E-state index contributed by atoms with van der Waals surface area (Å²) in [5.74, 6) is 0.576. The van der Waals surface area contributed by atoms with Gasteiger partial charge in [0.1, 0.15) is 11.5 Å². The van der Waals surface area contributed by atoms with E-state index in [1.165, 1.54) is 33.6 Å². The van der Waals surface area contributed by atoms with Crippen LogP contribution in [0.3, 0.4) is 0 Å². The summed E-state index contributed by atoms with van der Waals surface area (Å²) in [5, 5.41) is 23.0. The van der Waals surface area contributed by atoms with Gasteiger partial charge in [-0.3, -0.25) is 9.98 Å². The van der Waals surface area contributed by atoms with Crippen molar-refractivity contribution in [2.45, 2.75) is 103 Å². The summed E-state index contributed by atoms with van der Waals surface area (Å²) in [6.07, 6.45) is 7.90.